The van der Waals surface area contributed by atoms with Gasteiger partial charge in [-0.2, -0.15) is 0 Å². The predicted molar refractivity (Wildman–Crippen MR) is 46.1 cm³/mol. The molecule has 3 aliphatic carbocycles. The Kier molecular flexibility index (Phi) is 1.44. The fraction of sp³-hybridized carbons (Fsp3) is 0.875. The lowest BCUT2D eigenvalue weighted by molar-refractivity contribution is -0.153. The molecule has 0 saturated heterocycles. The number of sulfone groups is 1. The molecule has 0 aromatic heterocycles. The maximum atomic E-state index is 11.3. The van der Waals surface area contributed by atoms with Crippen LogP contribution >= 0.6 is 0 Å². The SMILES string of the molecule is CS(=O)(=O)C12CC(CC(=O)O)(C1)C2. The molecule has 74 valence electrons. The third-order valence-corrected chi connectivity index (χ3v) is 5.41. The number of carboxylic acids is 1. The maximum absolute atomic E-state index is 11.3. The molecule has 0 aromatic carbocycles. The van der Waals surface area contributed by atoms with E-state index in [9.17, 15) is 13.2 Å². The first-order chi connectivity index (χ1) is 5.79. The molecule has 0 aromatic rings. The molecule has 3 fully saturated rings. The maximum Gasteiger partial charge on any atom is 0.303 e. The van der Waals surface area contributed by atoms with Crippen LogP contribution in [0.25, 0.3) is 0 Å². The number of rotatable bonds is 3. The second-order valence-corrected chi connectivity index (χ2v) is 6.97. The molecule has 2 bridgehead atoms. The van der Waals surface area contributed by atoms with Gasteiger partial charge in [-0.1, -0.05) is 0 Å². The summed E-state index contributed by atoms with van der Waals surface area (Å²) in [6, 6.07) is 0. The van der Waals surface area contributed by atoms with Crippen molar-refractivity contribution < 1.29 is 18.3 Å². The normalized spacial score (nSPS) is 41.9. The molecule has 0 spiro atoms. The van der Waals surface area contributed by atoms with E-state index in [1.165, 1.54) is 6.26 Å². The van der Waals surface area contributed by atoms with Crippen LogP contribution in [0.1, 0.15) is 25.7 Å². The molecule has 0 unspecified atom stereocenters. The predicted octanol–water partition coefficient (Wildman–Crippen LogP) is 0.428. The Bertz CT molecular complexity index is 348. The zero-order valence-electron chi connectivity index (χ0n) is 7.41. The van der Waals surface area contributed by atoms with Crippen molar-refractivity contribution in [1.29, 1.82) is 0 Å². The van der Waals surface area contributed by atoms with Crippen molar-refractivity contribution in [2.75, 3.05) is 6.26 Å². The Labute approximate surface area is 76.9 Å². The fourth-order valence-electron chi connectivity index (χ4n) is 2.80. The van der Waals surface area contributed by atoms with Gasteiger partial charge in [-0.15, -0.1) is 0 Å². The summed E-state index contributed by atoms with van der Waals surface area (Å²) in [5.41, 5.74) is -0.172. The minimum Gasteiger partial charge on any atom is -0.481 e. The summed E-state index contributed by atoms with van der Waals surface area (Å²) in [5, 5.41) is 8.58. The summed E-state index contributed by atoms with van der Waals surface area (Å²) in [4.78, 5) is 10.4. The average molecular weight is 204 g/mol. The van der Waals surface area contributed by atoms with Gasteiger partial charge in [0.1, 0.15) is 0 Å². The standard InChI is InChI=1S/C8H12O4S/c1-13(11,12)8-3-7(4-8,5-8)2-6(9)10/h2-5H2,1H3,(H,9,10). The van der Waals surface area contributed by atoms with Crippen molar-refractivity contribution in [3.63, 3.8) is 0 Å². The molecule has 3 rings (SSSR count). The van der Waals surface area contributed by atoms with E-state index in [4.69, 9.17) is 5.11 Å². The van der Waals surface area contributed by atoms with E-state index in [2.05, 4.69) is 0 Å². The van der Waals surface area contributed by atoms with Gasteiger partial charge in [0.2, 0.25) is 0 Å². The minimum absolute atomic E-state index is 0.129. The third kappa shape index (κ3) is 1.03. The van der Waals surface area contributed by atoms with Crippen LogP contribution in [0.5, 0.6) is 0 Å². The Morgan fingerprint density at radius 1 is 1.38 bits per heavy atom. The molecule has 5 heteroatoms. The van der Waals surface area contributed by atoms with E-state index in [0.29, 0.717) is 19.3 Å². The van der Waals surface area contributed by atoms with Gasteiger partial charge >= 0.3 is 5.97 Å². The Morgan fingerprint density at radius 3 is 2.15 bits per heavy atom. The monoisotopic (exact) mass is 204 g/mol. The van der Waals surface area contributed by atoms with E-state index in [1.54, 1.807) is 0 Å². The highest BCUT2D eigenvalue weighted by Gasteiger charge is 2.72. The topological polar surface area (TPSA) is 71.4 Å². The Hall–Kier alpha value is -0.580. The molecular formula is C8H12O4S. The Morgan fingerprint density at radius 2 is 1.85 bits per heavy atom. The highest BCUT2D eigenvalue weighted by molar-refractivity contribution is 7.92. The minimum atomic E-state index is -2.97. The van der Waals surface area contributed by atoms with Gasteiger partial charge in [0.15, 0.2) is 9.84 Å². The summed E-state index contributed by atoms with van der Waals surface area (Å²) < 4.78 is 22.0. The lowest BCUT2D eigenvalue weighted by Gasteiger charge is -2.68. The third-order valence-electron chi connectivity index (χ3n) is 3.40. The first-order valence-corrected chi connectivity index (χ1v) is 6.09. The van der Waals surface area contributed by atoms with Crippen molar-refractivity contribution >= 4 is 15.8 Å². The smallest absolute Gasteiger partial charge is 0.303 e. The van der Waals surface area contributed by atoms with E-state index in [1.807, 2.05) is 0 Å². The van der Waals surface area contributed by atoms with Gasteiger partial charge in [-0.05, 0) is 24.7 Å². The number of carbonyl (C=O) groups is 1. The van der Waals surface area contributed by atoms with E-state index in [0.717, 1.165) is 0 Å². The molecule has 0 aliphatic heterocycles. The highest BCUT2D eigenvalue weighted by Crippen LogP contribution is 2.72. The van der Waals surface area contributed by atoms with Crippen LogP contribution in [-0.4, -0.2) is 30.5 Å². The van der Waals surface area contributed by atoms with Crippen molar-refractivity contribution in [3.8, 4) is 0 Å². The molecule has 13 heavy (non-hydrogen) atoms. The van der Waals surface area contributed by atoms with Crippen LogP contribution in [0.2, 0.25) is 0 Å². The second-order valence-electron chi connectivity index (χ2n) is 4.56. The van der Waals surface area contributed by atoms with Gasteiger partial charge < -0.3 is 5.11 Å². The molecular weight excluding hydrogens is 192 g/mol. The quantitative estimate of drug-likeness (QED) is 0.723. The van der Waals surface area contributed by atoms with Crippen LogP contribution < -0.4 is 0 Å². The first kappa shape index (κ1) is 8.99. The van der Waals surface area contributed by atoms with Crippen LogP contribution in [0.4, 0.5) is 0 Å². The molecule has 4 nitrogen and oxygen atoms in total. The van der Waals surface area contributed by atoms with Crippen molar-refractivity contribution in [2.24, 2.45) is 5.41 Å². The average Bonchev–Trinajstić information content (AvgIpc) is 1.70. The van der Waals surface area contributed by atoms with Gasteiger partial charge in [0.25, 0.3) is 0 Å². The molecule has 0 amide bonds. The molecule has 0 atom stereocenters. The van der Waals surface area contributed by atoms with E-state index in [-0.39, 0.29) is 11.8 Å². The van der Waals surface area contributed by atoms with Crippen molar-refractivity contribution in [1.82, 2.24) is 0 Å². The van der Waals surface area contributed by atoms with Crippen LogP contribution in [-0.2, 0) is 14.6 Å². The van der Waals surface area contributed by atoms with Crippen molar-refractivity contribution in [3.05, 3.63) is 0 Å². The number of carboxylic acid groups (broad SMARTS) is 1. The van der Waals surface area contributed by atoms with Gasteiger partial charge in [-0.25, -0.2) is 8.42 Å². The molecule has 3 aliphatic rings. The molecule has 0 radical (unpaired) electrons. The molecule has 1 N–H and O–H groups in total. The van der Waals surface area contributed by atoms with Crippen LogP contribution in [0.15, 0.2) is 0 Å². The van der Waals surface area contributed by atoms with Gasteiger partial charge in [0.05, 0.1) is 11.2 Å². The van der Waals surface area contributed by atoms with E-state index < -0.39 is 20.6 Å². The van der Waals surface area contributed by atoms with Crippen LogP contribution in [0.3, 0.4) is 0 Å². The van der Waals surface area contributed by atoms with E-state index >= 15 is 0 Å². The number of hydrogen-bond donors (Lipinski definition) is 1. The second kappa shape index (κ2) is 2.08. The summed E-state index contributed by atoms with van der Waals surface area (Å²) in [6.07, 6.45) is 3.06. The summed E-state index contributed by atoms with van der Waals surface area (Å²) in [5.74, 6) is -0.818. The highest BCUT2D eigenvalue weighted by atomic mass is 32.2. The number of hydrogen-bond acceptors (Lipinski definition) is 3. The van der Waals surface area contributed by atoms with Gasteiger partial charge in [0, 0.05) is 6.26 Å². The first-order valence-electron chi connectivity index (χ1n) is 4.20. The van der Waals surface area contributed by atoms with Crippen LogP contribution in [0, 0.1) is 5.41 Å². The summed E-state index contributed by atoms with van der Waals surface area (Å²) in [7, 11) is -2.97. The largest absolute Gasteiger partial charge is 0.481 e. The summed E-state index contributed by atoms with van der Waals surface area (Å²) >= 11 is 0. The fourth-order valence-corrected chi connectivity index (χ4v) is 4.50. The lowest BCUT2D eigenvalue weighted by Crippen LogP contribution is -2.70. The summed E-state index contributed by atoms with van der Waals surface area (Å²) in [6.45, 7) is 0. The lowest BCUT2D eigenvalue weighted by atomic mass is 9.42. The van der Waals surface area contributed by atoms with Gasteiger partial charge in [-0.3, -0.25) is 4.79 Å². The van der Waals surface area contributed by atoms with Crippen molar-refractivity contribution in [2.45, 2.75) is 30.4 Å². The number of aliphatic carboxylic acids is 1. The molecule has 0 heterocycles. The Balaban J connectivity index is 2.05. The zero-order valence-corrected chi connectivity index (χ0v) is 8.23. The molecule has 3 saturated carbocycles. The zero-order chi connectivity index (χ0) is 9.91.